The summed E-state index contributed by atoms with van der Waals surface area (Å²) in [5, 5.41) is 12.3. The van der Waals surface area contributed by atoms with E-state index in [2.05, 4.69) is 15.5 Å². The minimum absolute atomic E-state index is 0.190. The third-order valence-corrected chi connectivity index (χ3v) is 5.24. The van der Waals surface area contributed by atoms with Crippen LogP contribution in [-0.2, 0) is 11.3 Å². The number of aromatic nitrogens is 3. The standard InChI is InChI=1S/C17H16Cl2N4O2S/c1-3-23-15(14-5-4-8-25-14)21-22-17(23)26-10(2)16(24)20-13-7-6-11(18)9-12(13)19/h4-10H,3H2,1-2H3,(H,20,24). The van der Waals surface area contributed by atoms with Gasteiger partial charge >= 0.3 is 0 Å². The molecule has 1 N–H and O–H groups in total. The number of hydrogen-bond donors (Lipinski definition) is 1. The molecule has 1 atom stereocenters. The highest BCUT2D eigenvalue weighted by Gasteiger charge is 2.21. The van der Waals surface area contributed by atoms with Gasteiger partial charge in [-0.3, -0.25) is 9.36 Å². The summed E-state index contributed by atoms with van der Waals surface area (Å²) >= 11 is 13.3. The topological polar surface area (TPSA) is 73.0 Å². The van der Waals surface area contributed by atoms with Crippen molar-refractivity contribution in [3.05, 3.63) is 46.6 Å². The summed E-state index contributed by atoms with van der Waals surface area (Å²) in [7, 11) is 0. The van der Waals surface area contributed by atoms with Crippen LogP contribution in [0.2, 0.25) is 10.0 Å². The summed E-state index contributed by atoms with van der Waals surface area (Å²) in [6, 6.07) is 8.54. The molecule has 2 heterocycles. The van der Waals surface area contributed by atoms with Gasteiger partial charge in [0.1, 0.15) is 0 Å². The highest BCUT2D eigenvalue weighted by Crippen LogP contribution is 2.29. The predicted octanol–water partition coefficient (Wildman–Crippen LogP) is 4.98. The second kappa shape index (κ2) is 8.16. The number of carbonyl (C=O) groups is 1. The Morgan fingerprint density at radius 1 is 1.35 bits per heavy atom. The van der Waals surface area contributed by atoms with Gasteiger partial charge < -0.3 is 9.73 Å². The Morgan fingerprint density at radius 2 is 2.15 bits per heavy atom. The molecule has 26 heavy (non-hydrogen) atoms. The Balaban J connectivity index is 1.73. The molecular weight excluding hydrogens is 395 g/mol. The van der Waals surface area contributed by atoms with Crippen LogP contribution in [0.3, 0.4) is 0 Å². The van der Waals surface area contributed by atoms with Crippen LogP contribution in [-0.4, -0.2) is 25.9 Å². The lowest BCUT2D eigenvalue weighted by molar-refractivity contribution is -0.115. The number of amides is 1. The van der Waals surface area contributed by atoms with Crippen LogP contribution in [0, 0.1) is 0 Å². The minimum atomic E-state index is -0.402. The maximum Gasteiger partial charge on any atom is 0.237 e. The van der Waals surface area contributed by atoms with Crippen LogP contribution in [0.25, 0.3) is 11.6 Å². The Bertz CT molecular complexity index is 912. The van der Waals surface area contributed by atoms with Gasteiger partial charge in [-0.15, -0.1) is 10.2 Å². The van der Waals surface area contributed by atoms with Gasteiger partial charge in [0.05, 0.1) is 22.2 Å². The molecule has 0 aliphatic rings. The Kier molecular flexibility index (Phi) is 5.90. The van der Waals surface area contributed by atoms with Gasteiger partial charge in [0.25, 0.3) is 0 Å². The number of furan rings is 1. The maximum absolute atomic E-state index is 12.5. The zero-order valence-electron chi connectivity index (χ0n) is 14.1. The lowest BCUT2D eigenvalue weighted by atomic mass is 10.3. The molecule has 0 fully saturated rings. The molecule has 9 heteroatoms. The Hall–Kier alpha value is -1.96. The fraction of sp³-hybridized carbons (Fsp3) is 0.235. The van der Waals surface area contributed by atoms with Gasteiger partial charge in [0.15, 0.2) is 16.7 Å². The first kappa shape index (κ1) is 18.8. The molecule has 1 unspecified atom stereocenters. The molecule has 2 aromatic heterocycles. The molecule has 1 amide bonds. The maximum atomic E-state index is 12.5. The van der Waals surface area contributed by atoms with Crippen molar-refractivity contribution in [2.75, 3.05) is 5.32 Å². The monoisotopic (exact) mass is 410 g/mol. The summed E-state index contributed by atoms with van der Waals surface area (Å²) in [5.74, 6) is 1.08. The van der Waals surface area contributed by atoms with Crippen molar-refractivity contribution in [1.29, 1.82) is 0 Å². The molecule has 0 aliphatic heterocycles. The molecule has 136 valence electrons. The second-order valence-corrected chi connectivity index (χ2v) is 7.55. The molecule has 3 aromatic rings. The average Bonchev–Trinajstić information content (AvgIpc) is 3.26. The van der Waals surface area contributed by atoms with Crippen LogP contribution in [0.1, 0.15) is 13.8 Å². The van der Waals surface area contributed by atoms with E-state index in [1.165, 1.54) is 11.8 Å². The number of benzene rings is 1. The fourth-order valence-corrected chi connectivity index (χ4v) is 3.65. The van der Waals surface area contributed by atoms with E-state index in [-0.39, 0.29) is 5.91 Å². The van der Waals surface area contributed by atoms with Gasteiger partial charge in [-0.25, -0.2) is 0 Å². The summed E-state index contributed by atoms with van der Waals surface area (Å²) in [6.07, 6.45) is 1.59. The number of halogens is 2. The van der Waals surface area contributed by atoms with Crippen molar-refractivity contribution < 1.29 is 9.21 Å². The largest absolute Gasteiger partial charge is 0.461 e. The van der Waals surface area contributed by atoms with Crippen molar-refractivity contribution in [2.45, 2.75) is 30.8 Å². The van der Waals surface area contributed by atoms with Gasteiger partial charge in [-0.05, 0) is 44.2 Å². The number of hydrogen-bond acceptors (Lipinski definition) is 5. The minimum Gasteiger partial charge on any atom is -0.461 e. The van der Waals surface area contributed by atoms with Gasteiger partial charge in [0, 0.05) is 11.6 Å². The molecule has 0 aliphatic carbocycles. The summed E-state index contributed by atoms with van der Waals surface area (Å²) in [4.78, 5) is 12.5. The van der Waals surface area contributed by atoms with Crippen LogP contribution < -0.4 is 5.32 Å². The number of rotatable bonds is 6. The smallest absolute Gasteiger partial charge is 0.237 e. The van der Waals surface area contributed by atoms with Crippen molar-refractivity contribution >= 4 is 46.6 Å². The zero-order chi connectivity index (χ0) is 18.7. The normalized spacial score (nSPS) is 12.2. The third-order valence-electron chi connectivity index (χ3n) is 3.62. The number of carbonyl (C=O) groups excluding carboxylic acids is 1. The highest BCUT2D eigenvalue weighted by atomic mass is 35.5. The summed E-state index contributed by atoms with van der Waals surface area (Å²) in [5.41, 5.74) is 0.516. The molecule has 6 nitrogen and oxygen atoms in total. The first-order valence-electron chi connectivity index (χ1n) is 7.89. The van der Waals surface area contributed by atoms with Crippen molar-refractivity contribution in [3.8, 4) is 11.6 Å². The van der Waals surface area contributed by atoms with E-state index in [1.807, 2.05) is 17.6 Å². The van der Waals surface area contributed by atoms with E-state index in [0.29, 0.717) is 39.0 Å². The van der Waals surface area contributed by atoms with Crippen molar-refractivity contribution in [3.63, 3.8) is 0 Å². The Morgan fingerprint density at radius 3 is 2.81 bits per heavy atom. The molecule has 0 saturated heterocycles. The summed E-state index contributed by atoms with van der Waals surface area (Å²) < 4.78 is 7.30. The summed E-state index contributed by atoms with van der Waals surface area (Å²) in [6.45, 7) is 4.44. The molecule has 3 rings (SSSR count). The number of anilines is 1. The van der Waals surface area contributed by atoms with Crippen LogP contribution in [0.5, 0.6) is 0 Å². The van der Waals surface area contributed by atoms with Crippen LogP contribution in [0.15, 0.2) is 46.2 Å². The Labute approximate surface area is 164 Å². The molecule has 1 aromatic carbocycles. The van der Waals surface area contributed by atoms with Crippen molar-refractivity contribution in [2.24, 2.45) is 0 Å². The zero-order valence-corrected chi connectivity index (χ0v) is 16.4. The average molecular weight is 411 g/mol. The quantitative estimate of drug-likeness (QED) is 0.579. The number of thioether (sulfide) groups is 1. The van der Waals surface area contributed by atoms with E-state index in [9.17, 15) is 4.79 Å². The number of nitrogens with one attached hydrogen (secondary N) is 1. The first-order valence-corrected chi connectivity index (χ1v) is 9.52. The molecular formula is C17H16Cl2N4O2S. The number of nitrogens with zero attached hydrogens (tertiary/aromatic N) is 3. The first-order chi connectivity index (χ1) is 12.5. The van der Waals surface area contributed by atoms with Crippen LogP contribution >= 0.6 is 35.0 Å². The van der Waals surface area contributed by atoms with Gasteiger partial charge in [-0.1, -0.05) is 35.0 Å². The van der Waals surface area contributed by atoms with Crippen LogP contribution in [0.4, 0.5) is 5.69 Å². The molecule has 0 bridgehead atoms. The SMILES string of the molecule is CCn1c(SC(C)C(=O)Nc2ccc(Cl)cc2Cl)nnc1-c1ccco1. The van der Waals surface area contributed by atoms with Crippen molar-refractivity contribution in [1.82, 2.24) is 14.8 Å². The lowest BCUT2D eigenvalue weighted by Crippen LogP contribution is -2.23. The van der Waals surface area contributed by atoms with Gasteiger partial charge in [0.2, 0.25) is 5.91 Å². The van der Waals surface area contributed by atoms with E-state index in [0.717, 1.165) is 0 Å². The second-order valence-electron chi connectivity index (χ2n) is 5.40. The molecule has 0 spiro atoms. The fourth-order valence-electron chi connectivity index (χ4n) is 2.29. The van der Waals surface area contributed by atoms with Gasteiger partial charge in [-0.2, -0.15) is 0 Å². The molecule has 0 radical (unpaired) electrons. The third kappa shape index (κ3) is 4.06. The van der Waals surface area contributed by atoms with E-state index >= 15 is 0 Å². The highest BCUT2D eigenvalue weighted by molar-refractivity contribution is 8.00. The van der Waals surface area contributed by atoms with E-state index in [4.69, 9.17) is 27.6 Å². The molecule has 0 saturated carbocycles. The predicted molar refractivity (Wildman–Crippen MR) is 104 cm³/mol. The van der Waals surface area contributed by atoms with E-state index < -0.39 is 5.25 Å². The lowest BCUT2D eigenvalue weighted by Gasteiger charge is -2.13. The van der Waals surface area contributed by atoms with E-state index in [1.54, 1.807) is 37.5 Å².